The average molecular weight is 477 g/mol. The molecule has 1 aliphatic heterocycles. The van der Waals surface area contributed by atoms with E-state index in [-0.39, 0.29) is 10.8 Å². The second kappa shape index (κ2) is 9.16. The Morgan fingerprint density at radius 2 is 2.00 bits per heavy atom. The predicted molar refractivity (Wildman–Crippen MR) is 125 cm³/mol. The van der Waals surface area contributed by atoms with E-state index >= 15 is 0 Å². The Morgan fingerprint density at radius 1 is 1.19 bits per heavy atom. The van der Waals surface area contributed by atoms with Crippen molar-refractivity contribution in [2.24, 2.45) is 7.05 Å². The molecule has 0 spiro atoms. The van der Waals surface area contributed by atoms with Crippen LogP contribution in [0.15, 0.2) is 34.7 Å². The molecule has 1 amide bonds. The molecule has 2 aromatic heterocycles. The Labute approximate surface area is 192 Å². The first kappa shape index (κ1) is 22.7. The van der Waals surface area contributed by atoms with Crippen LogP contribution in [0.4, 0.5) is 5.13 Å². The minimum atomic E-state index is -3.52. The summed E-state index contributed by atoms with van der Waals surface area (Å²) in [6.45, 7) is 3.12. The number of carbonyl (C=O) groups is 1. The molecule has 172 valence electrons. The van der Waals surface area contributed by atoms with Crippen LogP contribution >= 0.6 is 11.3 Å². The Kier molecular flexibility index (Phi) is 6.50. The molecule has 4 rings (SSSR count). The molecule has 11 heteroatoms. The molecule has 9 nitrogen and oxygen atoms in total. The molecular formula is C21H28N6O3S2. The van der Waals surface area contributed by atoms with Crippen LogP contribution in [0.1, 0.15) is 18.7 Å². The maximum atomic E-state index is 12.9. The van der Waals surface area contributed by atoms with Gasteiger partial charge in [-0.05, 0) is 24.6 Å². The van der Waals surface area contributed by atoms with E-state index in [1.165, 1.54) is 18.4 Å². The van der Waals surface area contributed by atoms with Crippen LogP contribution in [0.5, 0.6) is 0 Å². The highest BCUT2D eigenvalue weighted by molar-refractivity contribution is 7.89. The van der Waals surface area contributed by atoms with E-state index in [2.05, 4.69) is 14.9 Å². The SMILES string of the molecule is CN(C)S(=O)(=O)c1ccc2c(c1)nc(CCC(=O)N1CCCN(c3nccs3)CC1)n2C. The lowest BCUT2D eigenvalue weighted by molar-refractivity contribution is -0.130. The van der Waals surface area contributed by atoms with Crippen molar-refractivity contribution in [3.63, 3.8) is 0 Å². The van der Waals surface area contributed by atoms with E-state index in [1.807, 2.05) is 28.1 Å². The van der Waals surface area contributed by atoms with Gasteiger partial charge in [-0.1, -0.05) is 0 Å². The summed E-state index contributed by atoms with van der Waals surface area (Å²) in [5.74, 6) is 0.890. The van der Waals surface area contributed by atoms with E-state index in [1.54, 1.807) is 29.5 Å². The van der Waals surface area contributed by atoms with E-state index in [4.69, 9.17) is 0 Å². The topological polar surface area (TPSA) is 91.6 Å². The van der Waals surface area contributed by atoms with Gasteiger partial charge >= 0.3 is 0 Å². The highest BCUT2D eigenvalue weighted by Gasteiger charge is 2.22. The molecule has 0 saturated carbocycles. The van der Waals surface area contributed by atoms with Crippen molar-refractivity contribution in [2.75, 3.05) is 45.2 Å². The third-order valence-corrected chi connectivity index (χ3v) is 8.47. The lowest BCUT2D eigenvalue weighted by atomic mass is 10.2. The fourth-order valence-corrected chi connectivity index (χ4v) is 5.55. The number of sulfonamides is 1. The van der Waals surface area contributed by atoms with Gasteiger partial charge in [-0.3, -0.25) is 4.79 Å². The van der Waals surface area contributed by atoms with Crippen LogP contribution in [-0.4, -0.2) is 78.3 Å². The zero-order valence-corrected chi connectivity index (χ0v) is 20.2. The van der Waals surface area contributed by atoms with Crippen LogP contribution in [0.2, 0.25) is 0 Å². The molecule has 0 radical (unpaired) electrons. The van der Waals surface area contributed by atoms with Crippen molar-refractivity contribution in [1.82, 2.24) is 23.7 Å². The number of amides is 1. The van der Waals surface area contributed by atoms with Crippen LogP contribution in [-0.2, 0) is 28.3 Å². The molecule has 3 heterocycles. The van der Waals surface area contributed by atoms with Crippen molar-refractivity contribution >= 4 is 43.4 Å². The summed E-state index contributed by atoms with van der Waals surface area (Å²) in [4.78, 5) is 26.3. The maximum absolute atomic E-state index is 12.9. The number of carbonyl (C=O) groups excluding carboxylic acids is 1. The molecule has 1 aliphatic rings. The lowest BCUT2D eigenvalue weighted by Crippen LogP contribution is -2.35. The van der Waals surface area contributed by atoms with Gasteiger partial charge in [-0.15, -0.1) is 11.3 Å². The van der Waals surface area contributed by atoms with Gasteiger partial charge in [0, 0.05) is 71.7 Å². The average Bonchev–Trinajstić information content (AvgIpc) is 3.33. The third-order valence-electron chi connectivity index (χ3n) is 5.82. The summed E-state index contributed by atoms with van der Waals surface area (Å²) in [6, 6.07) is 4.96. The van der Waals surface area contributed by atoms with Gasteiger partial charge in [0.1, 0.15) is 5.82 Å². The number of fused-ring (bicyclic) bond motifs is 1. The molecule has 0 atom stereocenters. The Morgan fingerprint density at radius 3 is 2.72 bits per heavy atom. The molecule has 3 aromatic rings. The van der Waals surface area contributed by atoms with Gasteiger partial charge in [0.25, 0.3) is 0 Å². The number of nitrogens with zero attached hydrogens (tertiary/aromatic N) is 6. The van der Waals surface area contributed by atoms with Gasteiger partial charge in [0.05, 0.1) is 15.9 Å². The number of rotatable bonds is 6. The second-order valence-electron chi connectivity index (χ2n) is 8.06. The molecular weight excluding hydrogens is 448 g/mol. The molecule has 0 unspecified atom stereocenters. The minimum Gasteiger partial charge on any atom is -0.346 e. The van der Waals surface area contributed by atoms with Crippen LogP contribution in [0.3, 0.4) is 0 Å². The Bertz CT molecular complexity index is 1200. The number of hydrogen-bond donors (Lipinski definition) is 0. The number of hydrogen-bond acceptors (Lipinski definition) is 7. The van der Waals surface area contributed by atoms with Crippen molar-refractivity contribution < 1.29 is 13.2 Å². The van der Waals surface area contributed by atoms with Crippen LogP contribution in [0.25, 0.3) is 11.0 Å². The number of aryl methyl sites for hydroxylation is 2. The van der Waals surface area contributed by atoms with Gasteiger partial charge in [0.15, 0.2) is 5.13 Å². The van der Waals surface area contributed by atoms with Crippen LogP contribution in [0, 0.1) is 0 Å². The molecule has 1 saturated heterocycles. The summed E-state index contributed by atoms with van der Waals surface area (Å²) in [5, 5.41) is 2.98. The molecule has 1 fully saturated rings. The summed E-state index contributed by atoms with van der Waals surface area (Å²) >= 11 is 1.62. The van der Waals surface area contributed by atoms with E-state index in [9.17, 15) is 13.2 Å². The number of imidazole rings is 1. The maximum Gasteiger partial charge on any atom is 0.242 e. The largest absolute Gasteiger partial charge is 0.346 e. The zero-order chi connectivity index (χ0) is 22.9. The molecule has 0 bridgehead atoms. The standard InChI is InChI=1S/C21H28N6O3S2/c1-24(2)32(29,30)16-5-6-18-17(15-16)23-19(25(18)3)7-8-20(28)26-10-4-11-27(13-12-26)21-22-9-14-31-21/h5-6,9,14-15H,4,7-8,10-13H2,1-3H3. The van der Waals surface area contributed by atoms with Crippen LogP contribution < -0.4 is 4.90 Å². The normalized spacial score (nSPS) is 15.5. The monoisotopic (exact) mass is 476 g/mol. The first-order chi connectivity index (χ1) is 15.3. The highest BCUT2D eigenvalue weighted by Crippen LogP contribution is 2.22. The zero-order valence-electron chi connectivity index (χ0n) is 18.6. The van der Waals surface area contributed by atoms with E-state index in [0.29, 0.717) is 24.9 Å². The summed E-state index contributed by atoms with van der Waals surface area (Å²) in [7, 11) is 1.39. The minimum absolute atomic E-state index is 0.119. The van der Waals surface area contributed by atoms with Gasteiger partial charge in [-0.2, -0.15) is 0 Å². The first-order valence-corrected chi connectivity index (χ1v) is 12.9. The fraction of sp³-hybridized carbons (Fsp3) is 0.476. The quantitative estimate of drug-likeness (QED) is 0.540. The summed E-state index contributed by atoms with van der Waals surface area (Å²) < 4.78 is 28.0. The van der Waals surface area contributed by atoms with Gasteiger partial charge in [0.2, 0.25) is 15.9 Å². The smallest absolute Gasteiger partial charge is 0.242 e. The van der Waals surface area contributed by atoms with Gasteiger partial charge < -0.3 is 14.4 Å². The molecule has 0 aliphatic carbocycles. The van der Waals surface area contributed by atoms with Gasteiger partial charge in [-0.25, -0.2) is 22.7 Å². The molecule has 0 N–H and O–H groups in total. The Balaban J connectivity index is 1.42. The second-order valence-corrected chi connectivity index (χ2v) is 11.1. The first-order valence-electron chi connectivity index (χ1n) is 10.6. The summed E-state index contributed by atoms with van der Waals surface area (Å²) in [6.07, 6.45) is 3.61. The molecule has 1 aromatic carbocycles. The lowest BCUT2D eigenvalue weighted by Gasteiger charge is -2.21. The highest BCUT2D eigenvalue weighted by atomic mass is 32.2. The predicted octanol–water partition coefficient (Wildman–Crippen LogP) is 1.95. The van der Waals surface area contributed by atoms with E-state index < -0.39 is 10.0 Å². The molecule has 32 heavy (non-hydrogen) atoms. The number of thiazole rings is 1. The van der Waals surface area contributed by atoms with Crippen molar-refractivity contribution in [1.29, 1.82) is 0 Å². The Hall–Kier alpha value is -2.50. The van der Waals surface area contributed by atoms with E-state index in [0.717, 1.165) is 42.5 Å². The number of anilines is 1. The number of aromatic nitrogens is 3. The van der Waals surface area contributed by atoms with Crippen molar-refractivity contribution in [3.8, 4) is 0 Å². The van der Waals surface area contributed by atoms with Crippen molar-refractivity contribution in [3.05, 3.63) is 35.6 Å². The third kappa shape index (κ3) is 4.50. The summed E-state index contributed by atoms with van der Waals surface area (Å²) in [5.41, 5.74) is 1.46. The number of benzene rings is 1. The fourth-order valence-electron chi connectivity index (χ4n) is 3.93. The van der Waals surface area contributed by atoms with Crippen molar-refractivity contribution in [2.45, 2.75) is 24.2 Å².